The van der Waals surface area contributed by atoms with E-state index in [1.807, 2.05) is 17.5 Å². The number of allylic oxidation sites excluding steroid dienone is 1. The van der Waals surface area contributed by atoms with Gasteiger partial charge in [-0.25, -0.2) is 12.7 Å². The van der Waals surface area contributed by atoms with Gasteiger partial charge in [0.2, 0.25) is 15.9 Å². The topological polar surface area (TPSA) is 86.7 Å². The van der Waals surface area contributed by atoms with Crippen LogP contribution in [0.2, 0.25) is 0 Å². The van der Waals surface area contributed by atoms with E-state index in [0.717, 1.165) is 12.0 Å². The summed E-state index contributed by atoms with van der Waals surface area (Å²) in [7, 11) is -0.468. The van der Waals surface area contributed by atoms with E-state index in [9.17, 15) is 18.3 Å². The highest BCUT2D eigenvalue weighted by molar-refractivity contribution is 8.03. The fourth-order valence-corrected chi connectivity index (χ4v) is 6.65. The van der Waals surface area contributed by atoms with Gasteiger partial charge < -0.3 is 10.4 Å². The third kappa shape index (κ3) is 3.12. The number of fused-ring (bicyclic) bond motifs is 3. The summed E-state index contributed by atoms with van der Waals surface area (Å²) in [6.07, 6.45) is 2.99. The van der Waals surface area contributed by atoms with Crippen molar-refractivity contribution in [2.24, 2.45) is 11.8 Å². The highest BCUT2D eigenvalue weighted by Gasteiger charge is 2.51. The number of carbonyl (C=O) groups excluding carboxylic acids is 1. The summed E-state index contributed by atoms with van der Waals surface area (Å²) in [4.78, 5) is 12.6. The number of nitrogens with one attached hydrogen (secondary N) is 1. The molecule has 3 aliphatic rings. The van der Waals surface area contributed by atoms with Gasteiger partial charge in [-0.2, -0.15) is 0 Å². The Kier molecular flexibility index (Phi) is 4.86. The number of amides is 1. The normalized spacial score (nSPS) is 35.6. The monoisotopic (exact) mass is 408 g/mol. The Morgan fingerprint density at radius 1 is 1.19 bits per heavy atom. The minimum Gasteiger partial charge on any atom is -0.392 e. The van der Waals surface area contributed by atoms with Gasteiger partial charge in [-0.15, -0.1) is 11.8 Å². The van der Waals surface area contributed by atoms with E-state index in [1.165, 1.54) is 30.2 Å². The summed E-state index contributed by atoms with van der Waals surface area (Å²) in [5.74, 6) is 0.160. The summed E-state index contributed by atoms with van der Waals surface area (Å²) < 4.78 is 25.8. The van der Waals surface area contributed by atoms with Crippen molar-refractivity contribution in [3.05, 3.63) is 41.3 Å². The first kappa shape index (κ1) is 19.0. The largest absolute Gasteiger partial charge is 0.392 e. The molecule has 1 aromatic carbocycles. The molecule has 0 bridgehead atoms. The number of benzene rings is 1. The van der Waals surface area contributed by atoms with Crippen LogP contribution in [-0.4, -0.2) is 55.2 Å². The third-order valence-corrected chi connectivity index (χ3v) is 8.98. The first-order chi connectivity index (χ1) is 12.8. The SMILES string of the molecule is CN(C)S(=O)(=O)c1ccc(C2C(O)CCC3NC(=O)C4SC=CC4C32)cc1. The van der Waals surface area contributed by atoms with E-state index in [-0.39, 0.29) is 39.8 Å². The minimum absolute atomic E-state index is 0.0423. The molecule has 2 fully saturated rings. The molecule has 1 aromatic rings. The fraction of sp³-hybridized carbons (Fsp3) is 0.526. The van der Waals surface area contributed by atoms with Crippen molar-refractivity contribution in [1.82, 2.24) is 9.62 Å². The number of thioether (sulfide) groups is 1. The lowest BCUT2D eigenvalue weighted by atomic mass is 9.63. The molecule has 0 aromatic heterocycles. The Hall–Kier alpha value is -1.35. The zero-order chi connectivity index (χ0) is 19.3. The fourth-order valence-electron chi connectivity index (χ4n) is 4.67. The smallest absolute Gasteiger partial charge is 0.242 e. The average molecular weight is 409 g/mol. The molecule has 1 saturated carbocycles. The Labute approximate surface area is 164 Å². The first-order valence-corrected chi connectivity index (χ1v) is 11.5. The number of aliphatic hydroxyl groups is 1. The van der Waals surface area contributed by atoms with E-state index in [0.29, 0.717) is 6.42 Å². The Bertz CT molecular complexity index is 866. The molecule has 6 unspecified atom stereocenters. The Balaban J connectivity index is 1.69. The summed E-state index contributed by atoms with van der Waals surface area (Å²) in [6.45, 7) is 0. The maximum absolute atomic E-state index is 12.4. The van der Waals surface area contributed by atoms with Crippen LogP contribution in [0, 0.1) is 11.8 Å². The van der Waals surface area contributed by atoms with Gasteiger partial charge in [0.15, 0.2) is 0 Å². The van der Waals surface area contributed by atoms with Gasteiger partial charge >= 0.3 is 0 Å². The molecule has 8 heteroatoms. The molecule has 2 heterocycles. The van der Waals surface area contributed by atoms with Crippen LogP contribution < -0.4 is 5.32 Å². The summed E-state index contributed by atoms with van der Waals surface area (Å²) in [6, 6.07) is 6.88. The lowest BCUT2D eigenvalue weighted by Gasteiger charge is -2.48. The standard InChI is InChI=1S/C19H24N2O4S2/c1-21(2)27(24,25)12-5-3-11(4-6-12)16-15(22)8-7-14-17(16)13-9-10-26-18(13)19(23)20-14/h3-6,9-10,13-18,22H,7-8H2,1-2H3,(H,20,23). The molecule has 1 aliphatic carbocycles. The van der Waals surface area contributed by atoms with E-state index < -0.39 is 16.1 Å². The van der Waals surface area contributed by atoms with Crippen molar-refractivity contribution in [1.29, 1.82) is 0 Å². The van der Waals surface area contributed by atoms with Crippen molar-refractivity contribution in [2.45, 2.75) is 41.1 Å². The quantitative estimate of drug-likeness (QED) is 0.792. The van der Waals surface area contributed by atoms with Crippen LogP contribution in [-0.2, 0) is 14.8 Å². The van der Waals surface area contributed by atoms with E-state index >= 15 is 0 Å². The molecular weight excluding hydrogens is 384 g/mol. The second kappa shape index (κ2) is 6.92. The molecule has 2 aliphatic heterocycles. The van der Waals surface area contributed by atoms with E-state index in [2.05, 4.69) is 11.4 Å². The van der Waals surface area contributed by atoms with Crippen molar-refractivity contribution in [3.8, 4) is 0 Å². The van der Waals surface area contributed by atoms with Crippen molar-refractivity contribution < 1.29 is 18.3 Å². The highest BCUT2D eigenvalue weighted by atomic mass is 32.2. The molecule has 1 amide bonds. The van der Waals surface area contributed by atoms with Crippen molar-refractivity contribution in [3.63, 3.8) is 0 Å². The molecule has 4 rings (SSSR count). The molecular formula is C19H24N2O4S2. The van der Waals surface area contributed by atoms with Crippen LogP contribution in [0.3, 0.4) is 0 Å². The van der Waals surface area contributed by atoms with Gasteiger partial charge in [-0.05, 0) is 41.9 Å². The predicted octanol–water partition coefficient (Wildman–Crippen LogP) is 1.54. The van der Waals surface area contributed by atoms with Gasteiger partial charge in [0.05, 0.1) is 16.2 Å². The number of carbonyl (C=O) groups is 1. The van der Waals surface area contributed by atoms with Gasteiger partial charge in [-0.3, -0.25) is 4.79 Å². The van der Waals surface area contributed by atoms with Gasteiger partial charge in [-0.1, -0.05) is 18.2 Å². The molecule has 27 heavy (non-hydrogen) atoms. The van der Waals surface area contributed by atoms with Crippen molar-refractivity contribution >= 4 is 27.7 Å². The lowest BCUT2D eigenvalue weighted by Crippen LogP contribution is -2.59. The number of rotatable bonds is 3. The highest BCUT2D eigenvalue weighted by Crippen LogP contribution is 2.50. The van der Waals surface area contributed by atoms with E-state index in [1.54, 1.807) is 12.1 Å². The van der Waals surface area contributed by atoms with Crippen LogP contribution in [0.1, 0.15) is 24.3 Å². The molecule has 146 valence electrons. The molecule has 6 nitrogen and oxygen atoms in total. The average Bonchev–Trinajstić information content (AvgIpc) is 3.13. The Morgan fingerprint density at radius 3 is 2.56 bits per heavy atom. The van der Waals surface area contributed by atoms with Crippen LogP contribution in [0.4, 0.5) is 0 Å². The second-order valence-electron chi connectivity index (χ2n) is 7.68. The molecule has 1 saturated heterocycles. The zero-order valence-electron chi connectivity index (χ0n) is 15.3. The van der Waals surface area contributed by atoms with Crippen molar-refractivity contribution in [2.75, 3.05) is 14.1 Å². The number of nitrogens with zero attached hydrogens (tertiary/aromatic N) is 1. The minimum atomic E-state index is -3.48. The maximum Gasteiger partial charge on any atom is 0.242 e. The van der Waals surface area contributed by atoms with E-state index in [4.69, 9.17) is 0 Å². The number of hydrogen-bond acceptors (Lipinski definition) is 5. The first-order valence-electron chi connectivity index (χ1n) is 9.14. The summed E-state index contributed by atoms with van der Waals surface area (Å²) in [5.41, 5.74) is 0.926. The van der Waals surface area contributed by atoms with Crippen LogP contribution in [0.15, 0.2) is 40.6 Å². The molecule has 6 atom stereocenters. The Morgan fingerprint density at radius 2 is 1.89 bits per heavy atom. The number of hydrogen-bond donors (Lipinski definition) is 2. The molecule has 0 spiro atoms. The molecule has 2 N–H and O–H groups in total. The third-order valence-electron chi connectivity index (χ3n) is 6.02. The number of piperidine rings is 1. The van der Waals surface area contributed by atoms with Crippen LogP contribution >= 0.6 is 11.8 Å². The van der Waals surface area contributed by atoms with Gasteiger partial charge in [0.25, 0.3) is 0 Å². The van der Waals surface area contributed by atoms with Crippen LogP contribution in [0.5, 0.6) is 0 Å². The van der Waals surface area contributed by atoms with Gasteiger partial charge in [0, 0.05) is 32.0 Å². The molecule has 0 radical (unpaired) electrons. The second-order valence-corrected chi connectivity index (χ2v) is 10.9. The predicted molar refractivity (Wildman–Crippen MR) is 105 cm³/mol. The van der Waals surface area contributed by atoms with Gasteiger partial charge in [0.1, 0.15) is 0 Å². The summed E-state index contributed by atoms with van der Waals surface area (Å²) >= 11 is 1.54. The lowest BCUT2D eigenvalue weighted by molar-refractivity contribution is -0.126. The maximum atomic E-state index is 12.4. The number of aliphatic hydroxyl groups excluding tert-OH is 1. The zero-order valence-corrected chi connectivity index (χ0v) is 16.9. The number of sulfonamides is 1. The van der Waals surface area contributed by atoms with Crippen LogP contribution in [0.25, 0.3) is 0 Å². The summed E-state index contributed by atoms with van der Waals surface area (Å²) in [5, 5.41) is 15.8.